The Bertz CT molecular complexity index is 1240. The van der Waals surface area contributed by atoms with Crippen LogP contribution in [0.3, 0.4) is 0 Å². The second-order valence-corrected chi connectivity index (χ2v) is 9.00. The van der Waals surface area contributed by atoms with E-state index in [1.807, 2.05) is 48.5 Å². The van der Waals surface area contributed by atoms with Gasteiger partial charge in [-0.25, -0.2) is 4.79 Å². The van der Waals surface area contributed by atoms with Crippen molar-refractivity contribution >= 4 is 29.2 Å². The van der Waals surface area contributed by atoms with Crippen LogP contribution in [0, 0.1) is 0 Å². The van der Waals surface area contributed by atoms with Crippen LogP contribution in [0.1, 0.15) is 35.6 Å². The van der Waals surface area contributed by atoms with E-state index in [4.69, 9.17) is 0 Å². The molecule has 0 bridgehead atoms. The summed E-state index contributed by atoms with van der Waals surface area (Å²) in [4.78, 5) is 40.5. The molecule has 1 aliphatic carbocycles. The van der Waals surface area contributed by atoms with Gasteiger partial charge in [-0.1, -0.05) is 66.7 Å². The summed E-state index contributed by atoms with van der Waals surface area (Å²) in [5, 5.41) is 8.87. The van der Waals surface area contributed by atoms with E-state index >= 15 is 0 Å². The number of para-hydroxylation sites is 2. The third-order valence-corrected chi connectivity index (χ3v) is 6.60. The smallest absolute Gasteiger partial charge is 0.323 e. The summed E-state index contributed by atoms with van der Waals surface area (Å²) in [6.45, 7) is -0.113. The van der Waals surface area contributed by atoms with Crippen LogP contribution in [0.2, 0.25) is 0 Å². The van der Waals surface area contributed by atoms with Gasteiger partial charge in [0.2, 0.25) is 11.8 Å². The van der Waals surface area contributed by atoms with E-state index in [1.54, 1.807) is 18.2 Å². The molecule has 0 radical (unpaired) electrons. The highest BCUT2D eigenvalue weighted by Gasteiger charge is 2.31. The highest BCUT2D eigenvalue weighted by molar-refractivity contribution is 6.10. The predicted molar refractivity (Wildman–Crippen MR) is 135 cm³/mol. The number of aryl methyl sites for hydroxylation is 1. The van der Waals surface area contributed by atoms with Gasteiger partial charge in [-0.15, -0.1) is 0 Å². The van der Waals surface area contributed by atoms with Gasteiger partial charge in [0.15, 0.2) is 0 Å². The molecule has 0 spiro atoms. The summed E-state index contributed by atoms with van der Waals surface area (Å²) < 4.78 is 0. The summed E-state index contributed by atoms with van der Waals surface area (Å²) in [5.74, 6) is -0.514. The highest BCUT2D eigenvalue weighted by Crippen LogP contribution is 2.30. The number of anilines is 2. The third-order valence-electron chi connectivity index (χ3n) is 6.60. The molecule has 0 saturated carbocycles. The number of hydrogen-bond donors (Lipinski definition) is 3. The van der Waals surface area contributed by atoms with Crippen LogP contribution in [0.15, 0.2) is 78.9 Å². The average Bonchev–Trinajstić information content (AvgIpc) is 2.88. The Balaban J connectivity index is 1.37. The third kappa shape index (κ3) is 5.04. The molecule has 1 heterocycles. The SMILES string of the molecule is O=C1CN(C(=O)N[C@@H](Cc2ccccc2)C(=O)N[C@H]2CCCc3ccccc32)c2ccccc2N1. The molecule has 0 aromatic heterocycles. The van der Waals surface area contributed by atoms with Gasteiger partial charge in [-0.2, -0.15) is 0 Å². The van der Waals surface area contributed by atoms with Crippen LogP contribution in [-0.2, 0) is 22.4 Å². The monoisotopic (exact) mass is 468 g/mol. The molecule has 7 heteroatoms. The van der Waals surface area contributed by atoms with Gasteiger partial charge in [0.25, 0.3) is 0 Å². The second-order valence-electron chi connectivity index (χ2n) is 9.00. The maximum Gasteiger partial charge on any atom is 0.323 e. The van der Waals surface area contributed by atoms with E-state index in [9.17, 15) is 14.4 Å². The summed E-state index contributed by atoms with van der Waals surface area (Å²) in [5.41, 5.74) is 4.50. The zero-order valence-electron chi connectivity index (χ0n) is 19.4. The fourth-order valence-corrected chi connectivity index (χ4v) is 4.88. The van der Waals surface area contributed by atoms with E-state index in [0.29, 0.717) is 17.8 Å². The van der Waals surface area contributed by atoms with Crippen molar-refractivity contribution in [1.82, 2.24) is 10.6 Å². The van der Waals surface area contributed by atoms with E-state index in [1.165, 1.54) is 10.5 Å². The zero-order valence-corrected chi connectivity index (χ0v) is 19.4. The van der Waals surface area contributed by atoms with Gasteiger partial charge in [0.1, 0.15) is 12.6 Å². The molecule has 4 amide bonds. The summed E-state index contributed by atoms with van der Waals surface area (Å²) in [6, 6.07) is 23.6. The molecule has 2 aliphatic rings. The van der Waals surface area contributed by atoms with E-state index in [-0.39, 0.29) is 24.4 Å². The summed E-state index contributed by atoms with van der Waals surface area (Å²) in [7, 11) is 0. The molecular weight excluding hydrogens is 440 g/mol. The van der Waals surface area contributed by atoms with Crippen molar-refractivity contribution in [2.45, 2.75) is 37.8 Å². The number of nitrogens with one attached hydrogen (secondary N) is 3. The number of benzene rings is 3. The van der Waals surface area contributed by atoms with Crippen molar-refractivity contribution in [3.05, 3.63) is 95.6 Å². The Hall–Kier alpha value is -4.13. The maximum atomic E-state index is 13.5. The summed E-state index contributed by atoms with van der Waals surface area (Å²) >= 11 is 0. The fraction of sp³-hybridized carbons (Fsp3) is 0.250. The molecular formula is C28H28N4O3. The highest BCUT2D eigenvalue weighted by atomic mass is 16.2. The topological polar surface area (TPSA) is 90.5 Å². The number of nitrogens with zero attached hydrogens (tertiary/aromatic N) is 1. The normalized spacial score (nSPS) is 17.4. The first-order valence-corrected chi connectivity index (χ1v) is 12.0. The molecule has 0 unspecified atom stereocenters. The first kappa shape index (κ1) is 22.7. The minimum atomic E-state index is -0.795. The molecule has 35 heavy (non-hydrogen) atoms. The Kier molecular flexibility index (Phi) is 6.48. The van der Waals surface area contributed by atoms with E-state index in [0.717, 1.165) is 30.4 Å². The van der Waals surface area contributed by atoms with Crippen molar-refractivity contribution in [1.29, 1.82) is 0 Å². The first-order chi connectivity index (χ1) is 17.1. The number of rotatable bonds is 5. The van der Waals surface area contributed by atoms with Gasteiger partial charge >= 0.3 is 6.03 Å². The molecule has 2 atom stereocenters. The Morgan fingerprint density at radius 1 is 0.971 bits per heavy atom. The van der Waals surface area contributed by atoms with Crippen molar-refractivity contribution in [2.75, 3.05) is 16.8 Å². The van der Waals surface area contributed by atoms with Crippen LogP contribution in [0.25, 0.3) is 0 Å². The number of amides is 4. The maximum absolute atomic E-state index is 13.5. The van der Waals surface area contributed by atoms with Gasteiger partial charge in [-0.05, 0) is 48.1 Å². The van der Waals surface area contributed by atoms with Crippen LogP contribution < -0.4 is 20.9 Å². The number of fused-ring (bicyclic) bond motifs is 2. The molecule has 5 rings (SSSR count). The van der Waals surface area contributed by atoms with Crippen LogP contribution >= 0.6 is 0 Å². The molecule has 3 aromatic rings. The van der Waals surface area contributed by atoms with Gasteiger partial charge in [-0.3, -0.25) is 14.5 Å². The number of carbonyl (C=O) groups is 3. The number of hydrogen-bond acceptors (Lipinski definition) is 3. The lowest BCUT2D eigenvalue weighted by Gasteiger charge is -2.32. The molecule has 0 saturated heterocycles. The first-order valence-electron chi connectivity index (χ1n) is 12.0. The van der Waals surface area contributed by atoms with Gasteiger partial charge in [0, 0.05) is 6.42 Å². The minimum Gasteiger partial charge on any atom is -0.347 e. The minimum absolute atomic E-state index is 0.0934. The Morgan fingerprint density at radius 2 is 1.71 bits per heavy atom. The lowest BCUT2D eigenvalue weighted by molar-refractivity contribution is -0.123. The number of urea groups is 1. The van der Waals surface area contributed by atoms with Crippen LogP contribution in [-0.4, -0.2) is 30.4 Å². The Morgan fingerprint density at radius 3 is 2.57 bits per heavy atom. The predicted octanol–water partition coefficient (Wildman–Crippen LogP) is 3.96. The molecule has 3 aromatic carbocycles. The van der Waals surface area contributed by atoms with Crippen molar-refractivity contribution in [3.63, 3.8) is 0 Å². The molecule has 0 fully saturated rings. The lowest BCUT2D eigenvalue weighted by atomic mass is 9.87. The Labute approximate surface area is 204 Å². The largest absolute Gasteiger partial charge is 0.347 e. The molecule has 3 N–H and O–H groups in total. The fourth-order valence-electron chi connectivity index (χ4n) is 4.88. The van der Waals surface area contributed by atoms with Crippen molar-refractivity contribution in [2.24, 2.45) is 0 Å². The van der Waals surface area contributed by atoms with Crippen molar-refractivity contribution < 1.29 is 14.4 Å². The van der Waals surface area contributed by atoms with Gasteiger partial charge < -0.3 is 16.0 Å². The van der Waals surface area contributed by atoms with Gasteiger partial charge in [0.05, 0.1) is 17.4 Å². The average molecular weight is 469 g/mol. The molecule has 7 nitrogen and oxygen atoms in total. The number of carbonyl (C=O) groups excluding carboxylic acids is 3. The van der Waals surface area contributed by atoms with Crippen LogP contribution in [0.5, 0.6) is 0 Å². The molecule has 178 valence electrons. The van der Waals surface area contributed by atoms with E-state index < -0.39 is 12.1 Å². The van der Waals surface area contributed by atoms with E-state index in [2.05, 4.69) is 28.1 Å². The molecule has 1 aliphatic heterocycles. The lowest BCUT2D eigenvalue weighted by Crippen LogP contribution is -2.55. The quantitative estimate of drug-likeness (QED) is 0.529. The van der Waals surface area contributed by atoms with Crippen LogP contribution in [0.4, 0.5) is 16.2 Å². The summed E-state index contributed by atoms with van der Waals surface area (Å²) in [6.07, 6.45) is 3.20. The zero-order chi connectivity index (χ0) is 24.2. The van der Waals surface area contributed by atoms with Crippen molar-refractivity contribution in [3.8, 4) is 0 Å². The second kappa shape index (κ2) is 10.0. The standard InChI is InChI=1S/C28H28N4O3/c33-26-18-32(25-16-7-6-14-23(25)29-26)28(35)31-24(17-19-9-2-1-3-10-19)27(34)30-22-15-8-12-20-11-4-5-13-21(20)22/h1-7,9-11,13-14,16,22,24H,8,12,15,17-18H2,(H,29,33)(H,30,34)(H,31,35)/t22-,24-/m0/s1.